The van der Waals surface area contributed by atoms with Gasteiger partial charge in [0.1, 0.15) is 11.6 Å². The number of anilines is 1. The first-order valence-corrected chi connectivity index (χ1v) is 6.61. The van der Waals surface area contributed by atoms with E-state index in [1.54, 1.807) is 0 Å². The summed E-state index contributed by atoms with van der Waals surface area (Å²) in [6.07, 6.45) is 0. The Morgan fingerprint density at radius 3 is 2.52 bits per heavy atom. The molecule has 0 spiro atoms. The highest BCUT2D eigenvalue weighted by Crippen LogP contribution is 2.29. The molecule has 0 aliphatic heterocycles. The van der Waals surface area contributed by atoms with Crippen molar-refractivity contribution < 1.29 is 13.7 Å². The highest BCUT2D eigenvalue weighted by molar-refractivity contribution is 6.31. The lowest BCUT2D eigenvalue weighted by Crippen LogP contribution is -2.00. The van der Waals surface area contributed by atoms with Crippen molar-refractivity contribution in [1.82, 2.24) is 9.97 Å². The maximum atomic E-state index is 13.7. The van der Waals surface area contributed by atoms with E-state index < -0.39 is 22.2 Å². The highest BCUT2D eigenvalue weighted by Gasteiger charge is 2.18. The molecule has 3 aromatic rings. The molecule has 0 saturated carbocycles. The van der Waals surface area contributed by atoms with E-state index >= 15 is 0 Å². The molecule has 0 bridgehead atoms. The number of nitro groups is 1. The zero-order chi connectivity index (χ0) is 16.7. The number of nitro benzene ring substituents is 1. The van der Waals surface area contributed by atoms with E-state index in [9.17, 15) is 18.9 Å². The quantitative estimate of drug-likeness (QED) is 0.568. The minimum absolute atomic E-state index is 0.0615. The summed E-state index contributed by atoms with van der Waals surface area (Å²) in [5.74, 6) is -1.60. The maximum Gasteiger partial charge on any atom is 0.305 e. The Morgan fingerprint density at radius 2 is 1.87 bits per heavy atom. The molecule has 9 heteroatoms. The van der Waals surface area contributed by atoms with Gasteiger partial charge in [-0.2, -0.15) is 4.39 Å². The summed E-state index contributed by atoms with van der Waals surface area (Å²) < 4.78 is 26.9. The Balaban J connectivity index is 2.23. The van der Waals surface area contributed by atoms with Crippen LogP contribution >= 0.6 is 11.6 Å². The van der Waals surface area contributed by atoms with Crippen LogP contribution in [0.4, 0.5) is 20.3 Å². The van der Waals surface area contributed by atoms with E-state index in [4.69, 9.17) is 17.3 Å². The molecule has 116 valence electrons. The Morgan fingerprint density at radius 1 is 1.13 bits per heavy atom. The van der Waals surface area contributed by atoms with Crippen LogP contribution in [0.5, 0.6) is 0 Å². The average Bonchev–Trinajstić information content (AvgIpc) is 2.48. The van der Waals surface area contributed by atoms with Gasteiger partial charge < -0.3 is 5.73 Å². The van der Waals surface area contributed by atoms with Crippen LogP contribution in [0.2, 0.25) is 5.02 Å². The van der Waals surface area contributed by atoms with Crippen molar-refractivity contribution in [3.05, 3.63) is 57.1 Å². The van der Waals surface area contributed by atoms with Gasteiger partial charge in [-0.15, -0.1) is 0 Å². The van der Waals surface area contributed by atoms with E-state index in [0.717, 1.165) is 18.2 Å². The first-order valence-electron chi connectivity index (χ1n) is 6.23. The fourth-order valence-electron chi connectivity index (χ4n) is 2.07. The Bertz CT molecular complexity index is 965. The van der Waals surface area contributed by atoms with Gasteiger partial charge in [0.15, 0.2) is 5.82 Å². The lowest BCUT2D eigenvalue weighted by Gasteiger charge is -2.06. The van der Waals surface area contributed by atoms with Gasteiger partial charge in [-0.3, -0.25) is 10.1 Å². The van der Waals surface area contributed by atoms with Crippen LogP contribution in [-0.4, -0.2) is 14.9 Å². The van der Waals surface area contributed by atoms with Crippen LogP contribution in [0.25, 0.3) is 22.3 Å². The third-order valence-corrected chi connectivity index (χ3v) is 3.46. The molecule has 2 N–H and O–H groups in total. The summed E-state index contributed by atoms with van der Waals surface area (Å²) in [4.78, 5) is 18.0. The zero-order valence-electron chi connectivity index (χ0n) is 11.3. The van der Waals surface area contributed by atoms with E-state index in [2.05, 4.69) is 9.97 Å². The van der Waals surface area contributed by atoms with Gasteiger partial charge >= 0.3 is 5.69 Å². The first kappa shape index (κ1) is 15.0. The van der Waals surface area contributed by atoms with E-state index in [-0.39, 0.29) is 27.6 Å². The van der Waals surface area contributed by atoms with Gasteiger partial charge in [0, 0.05) is 23.1 Å². The SMILES string of the molecule is Nc1nc(-c2ccc(F)c(Cl)c2)nc2cc(F)c([N+](=O)[O-])cc12. The molecule has 0 fully saturated rings. The summed E-state index contributed by atoms with van der Waals surface area (Å²) in [7, 11) is 0. The molecule has 2 aromatic carbocycles. The van der Waals surface area contributed by atoms with E-state index in [1.165, 1.54) is 12.1 Å². The monoisotopic (exact) mass is 336 g/mol. The van der Waals surface area contributed by atoms with E-state index in [0.29, 0.717) is 5.56 Å². The molecule has 6 nitrogen and oxygen atoms in total. The lowest BCUT2D eigenvalue weighted by molar-refractivity contribution is -0.387. The zero-order valence-corrected chi connectivity index (χ0v) is 12.0. The van der Waals surface area contributed by atoms with Gasteiger partial charge in [-0.25, -0.2) is 14.4 Å². The Labute approximate surface area is 132 Å². The number of halogens is 3. The molecule has 1 aromatic heterocycles. The van der Waals surface area contributed by atoms with Crippen molar-refractivity contribution in [2.45, 2.75) is 0 Å². The topological polar surface area (TPSA) is 94.9 Å². The fourth-order valence-corrected chi connectivity index (χ4v) is 2.25. The summed E-state index contributed by atoms with van der Waals surface area (Å²) in [6, 6.07) is 5.71. The number of rotatable bonds is 2. The molecular formula is C14H7ClF2N4O2. The van der Waals surface area contributed by atoms with Crippen molar-refractivity contribution >= 4 is 34.0 Å². The van der Waals surface area contributed by atoms with Crippen LogP contribution in [0.15, 0.2) is 30.3 Å². The lowest BCUT2D eigenvalue weighted by atomic mass is 10.1. The molecule has 23 heavy (non-hydrogen) atoms. The summed E-state index contributed by atoms with van der Waals surface area (Å²) in [6.45, 7) is 0. The fraction of sp³-hybridized carbons (Fsp3) is 0. The van der Waals surface area contributed by atoms with Gasteiger partial charge in [0.2, 0.25) is 5.82 Å². The first-order chi connectivity index (χ1) is 10.9. The number of fused-ring (bicyclic) bond motifs is 1. The largest absolute Gasteiger partial charge is 0.383 e. The van der Waals surface area contributed by atoms with Crippen molar-refractivity contribution in [2.24, 2.45) is 0 Å². The second-order valence-corrected chi connectivity index (χ2v) is 5.05. The third kappa shape index (κ3) is 2.64. The summed E-state index contributed by atoms with van der Waals surface area (Å²) in [5, 5.41) is 10.8. The number of benzene rings is 2. The van der Waals surface area contributed by atoms with Crippen LogP contribution < -0.4 is 5.73 Å². The molecule has 0 aliphatic carbocycles. The van der Waals surface area contributed by atoms with Crippen LogP contribution in [0.1, 0.15) is 0 Å². The van der Waals surface area contributed by atoms with Crippen molar-refractivity contribution in [3.8, 4) is 11.4 Å². The van der Waals surface area contributed by atoms with Crippen LogP contribution in [0.3, 0.4) is 0 Å². The highest BCUT2D eigenvalue weighted by atomic mass is 35.5. The van der Waals surface area contributed by atoms with Crippen molar-refractivity contribution in [3.63, 3.8) is 0 Å². The number of nitrogen functional groups attached to an aromatic ring is 1. The van der Waals surface area contributed by atoms with Crippen LogP contribution in [-0.2, 0) is 0 Å². The predicted octanol–water partition coefficient (Wildman–Crippen LogP) is 3.72. The molecule has 1 heterocycles. The molecular weight excluding hydrogens is 330 g/mol. The number of hydrogen-bond acceptors (Lipinski definition) is 5. The smallest absolute Gasteiger partial charge is 0.305 e. The molecule has 0 radical (unpaired) electrons. The normalized spacial score (nSPS) is 10.9. The maximum absolute atomic E-state index is 13.7. The van der Waals surface area contributed by atoms with Gasteiger partial charge in [-0.05, 0) is 18.2 Å². The Hall–Kier alpha value is -2.87. The van der Waals surface area contributed by atoms with Gasteiger partial charge in [0.25, 0.3) is 0 Å². The molecule has 0 unspecified atom stereocenters. The Kier molecular flexibility index (Phi) is 3.53. The minimum Gasteiger partial charge on any atom is -0.383 e. The molecule has 0 amide bonds. The van der Waals surface area contributed by atoms with Crippen molar-refractivity contribution in [1.29, 1.82) is 0 Å². The third-order valence-electron chi connectivity index (χ3n) is 3.17. The summed E-state index contributed by atoms with van der Waals surface area (Å²) in [5.41, 5.74) is 5.53. The van der Waals surface area contributed by atoms with E-state index in [1.807, 2.05) is 0 Å². The molecule has 0 aliphatic rings. The standard InChI is InChI=1S/C14H7ClF2N4O2/c15-8-3-6(1-2-9(8)16)14-19-11-5-10(17)12(21(22)23)4-7(11)13(18)20-14/h1-5H,(H2,18,19,20). The predicted molar refractivity (Wildman–Crippen MR) is 81.0 cm³/mol. The average molecular weight is 337 g/mol. The number of nitrogens with zero attached hydrogens (tertiary/aromatic N) is 3. The van der Waals surface area contributed by atoms with Crippen molar-refractivity contribution in [2.75, 3.05) is 5.73 Å². The summed E-state index contributed by atoms with van der Waals surface area (Å²) >= 11 is 5.71. The molecule has 0 saturated heterocycles. The molecule has 0 atom stereocenters. The van der Waals surface area contributed by atoms with Crippen LogP contribution in [0, 0.1) is 21.7 Å². The number of aromatic nitrogens is 2. The number of nitrogens with two attached hydrogens (primary N) is 1. The van der Waals surface area contributed by atoms with Gasteiger partial charge in [-0.1, -0.05) is 11.6 Å². The number of hydrogen-bond donors (Lipinski definition) is 1. The van der Waals surface area contributed by atoms with Gasteiger partial charge in [0.05, 0.1) is 15.5 Å². The minimum atomic E-state index is -1.04. The second kappa shape index (κ2) is 5.40. The molecule has 3 rings (SSSR count). The second-order valence-electron chi connectivity index (χ2n) is 4.64.